The molecule has 2 aromatic heterocycles. The molecule has 0 spiro atoms. The average molecular weight is 630 g/mol. The second kappa shape index (κ2) is 10.2. The van der Waals surface area contributed by atoms with Crippen LogP contribution >= 0.6 is 0 Å². The van der Waals surface area contributed by atoms with Crippen molar-refractivity contribution in [3.63, 3.8) is 0 Å². The molecule has 1 aliphatic rings. The zero-order valence-corrected chi connectivity index (χ0v) is 22.7. The van der Waals surface area contributed by atoms with Crippen molar-refractivity contribution in [1.82, 2.24) is 20.0 Å². The lowest BCUT2D eigenvalue weighted by molar-refractivity contribution is -0.190. The number of anilines is 1. The summed E-state index contributed by atoms with van der Waals surface area (Å²) >= 11 is 0. The standard InChI is InChI=1S/C25H21F6N7O4S/c1-23(33,25(29,30)31)22-35-34-20(42-22)14-4-7-18-17(10-14)37(21(39)16(32)12-43(18,40)41)11-13-2-5-15(6-3-13)38-9-8-19(36-38)24(26,27)28/h2-10,16H,11-12,32-33H2,1H3/t16-,23+/m0/s1. The number of carbonyl (C=O) groups is 1. The van der Waals surface area contributed by atoms with Crippen LogP contribution in [-0.4, -0.2) is 52.3 Å². The number of carbonyl (C=O) groups excluding carboxylic acids is 1. The van der Waals surface area contributed by atoms with Crippen LogP contribution in [-0.2, 0) is 32.9 Å². The molecule has 3 heterocycles. The van der Waals surface area contributed by atoms with Crippen LogP contribution in [0.4, 0.5) is 32.0 Å². The number of nitrogens with two attached hydrogens (primary N) is 2. The van der Waals surface area contributed by atoms with Gasteiger partial charge in [-0.2, -0.15) is 31.4 Å². The first kappa shape index (κ1) is 30.2. The van der Waals surface area contributed by atoms with E-state index in [4.69, 9.17) is 15.9 Å². The third kappa shape index (κ3) is 5.59. The molecule has 1 aliphatic heterocycles. The summed E-state index contributed by atoms with van der Waals surface area (Å²) < 4.78 is 111. The molecule has 18 heteroatoms. The summed E-state index contributed by atoms with van der Waals surface area (Å²) in [7, 11) is -4.10. The van der Waals surface area contributed by atoms with E-state index in [9.17, 15) is 39.6 Å². The minimum atomic E-state index is -4.93. The third-order valence-corrected chi connectivity index (χ3v) is 8.51. The van der Waals surface area contributed by atoms with Crippen LogP contribution in [0.2, 0.25) is 0 Å². The molecule has 4 N–H and O–H groups in total. The Morgan fingerprint density at radius 3 is 2.30 bits per heavy atom. The van der Waals surface area contributed by atoms with Crippen LogP contribution in [0.3, 0.4) is 0 Å². The molecule has 0 fully saturated rings. The van der Waals surface area contributed by atoms with Crippen molar-refractivity contribution < 1.29 is 44.0 Å². The van der Waals surface area contributed by atoms with Crippen molar-refractivity contribution in [2.75, 3.05) is 10.7 Å². The van der Waals surface area contributed by atoms with Gasteiger partial charge < -0.3 is 20.8 Å². The average Bonchev–Trinajstić information content (AvgIpc) is 3.60. The number of aromatic nitrogens is 4. The van der Waals surface area contributed by atoms with E-state index in [2.05, 4.69) is 15.3 Å². The number of alkyl halides is 6. The van der Waals surface area contributed by atoms with Crippen molar-refractivity contribution in [2.45, 2.75) is 42.3 Å². The second-order valence-corrected chi connectivity index (χ2v) is 11.9. The molecule has 0 radical (unpaired) electrons. The Kier molecular flexibility index (Phi) is 7.13. The SMILES string of the molecule is C[C@@](N)(c1nnc(-c2ccc3c(c2)N(Cc2ccc(-n4ccc(C(F)(F)F)n4)cc2)C(=O)[C@@H](N)CS3(=O)=O)o1)C(F)(F)F. The first-order valence-electron chi connectivity index (χ1n) is 12.2. The van der Waals surface area contributed by atoms with Gasteiger partial charge in [0.15, 0.2) is 21.1 Å². The van der Waals surface area contributed by atoms with Crippen LogP contribution in [0, 0.1) is 0 Å². The first-order chi connectivity index (χ1) is 19.9. The molecule has 11 nitrogen and oxygen atoms in total. The Labute approximate surface area is 239 Å². The molecule has 0 bridgehead atoms. The maximum absolute atomic E-state index is 13.4. The highest BCUT2D eigenvalue weighted by molar-refractivity contribution is 7.91. The molecule has 2 atom stereocenters. The van der Waals surface area contributed by atoms with Crippen molar-refractivity contribution in [1.29, 1.82) is 0 Å². The van der Waals surface area contributed by atoms with E-state index >= 15 is 0 Å². The normalized spacial score (nSPS) is 18.7. The van der Waals surface area contributed by atoms with Gasteiger partial charge in [0, 0.05) is 11.8 Å². The number of amides is 1. The van der Waals surface area contributed by atoms with E-state index in [1.807, 2.05) is 0 Å². The van der Waals surface area contributed by atoms with Crippen LogP contribution in [0.15, 0.2) is 64.0 Å². The summed E-state index contributed by atoms with van der Waals surface area (Å²) in [6.07, 6.45) is -8.43. The molecule has 5 rings (SSSR count). The monoisotopic (exact) mass is 629 g/mol. The van der Waals surface area contributed by atoms with Crippen molar-refractivity contribution >= 4 is 21.4 Å². The lowest BCUT2D eigenvalue weighted by Gasteiger charge is -2.24. The van der Waals surface area contributed by atoms with E-state index in [1.165, 1.54) is 36.4 Å². The predicted molar refractivity (Wildman–Crippen MR) is 137 cm³/mol. The summed E-state index contributed by atoms with van der Waals surface area (Å²) in [6, 6.07) is 8.80. The number of hydrogen-bond donors (Lipinski definition) is 2. The maximum Gasteiger partial charge on any atom is 0.435 e. The summed E-state index contributed by atoms with van der Waals surface area (Å²) in [5.41, 5.74) is 7.79. The van der Waals surface area contributed by atoms with Gasteiger partial charge in [0.1, 0.15) is 0 Å². The van der Waals surface area contributed by atoms with Gasteiger partial charge >= 0.3 is 12.4 Å². The number of hydrogen-bond acceptors (Lipinski definition) is 9. The fourth-order valence-corrected chi connectivity index (χ4v) is 5.79. The van der Waals surface area contributed by atoms with Crippen molar-refractivity contribution in [2.24, 2.45) is 11.5 Å². The van der Waals surface area contributed by atoms with E-state index in [0.717, 1.165) is 27.9 Å². The quantitative estimate of drug-likeness (QED) is 0.315. The summed E-state index contributed by atoms with van der Waals surface area (Å²) in [4.78, 5) is 14.1. The fraction of sp³-hybridized carbons (Fsp3) is 0.280. The van der Waals surface area contributed by atoms with Gasteiger partial charge in [0.2, 0.25) is 17.7 Å². The topological polar surface area (TPSA) is 163 Å². The highest BCUT2D eigenvalue weighted by Gasteiger charge is 2.53. The van der Waals surface area contributed by atoms with E-state index < -0.39 is 62.9 Å². The van der Waals surface area contributed by atoms with Gasteiger partial charge in [0.25, 0.3) is 0 Å². The van der Waals surface area contributed by atoms with Crippen LogP contribution in [0.1, 0.15) is 24.1 Å². The minimum Gasteiger partial charge on any atom is -0.418 e. The largest absolute Gasteiger partial charge is 0.435 e. The van der Waals surface area contributed by atoms with Gasteiger partial charge in [-0.1, -0.05) is 12.1 Å². The number of rotatable bonds is 5. The van der Waals surface area contributed by atoms with Gasteiger partial charge in [-0.3, -0.25) is 4.79 Å². The number of fused-ring (bicyclic) bond motifs is 1. The zero-order valence-electron chi connectivity index (χ0n) is 21.9. The molecule has 2 aromatic carbocycles. The Morgan fingerprint density at radius 2 is 1.70 bits per heavy atom. The summed E-state index contributed by atoms with van der Waals surface area (Å²) in [6.45, 7) is 0.415. The molecule has 43 heavy (non-hydrogen) atoms. The number of benzene rings is 2. The third-order valence-electron chi connectivity index (χ3n) is 6.69. The van der Waals surface area contributed by atoms with Gasteiger partial charge in [-0.25, -0.2) is 13.1 Å². The van der Waals surface area contributed by atoms with Gasteiger partial charge in [-0.15, -0.1) is 10.2 Å². The fourth-order valence-electron chi connectivity index (χ4n) is 4.23. The molecule has 4 aromatic rings. The molecule has 0 unspecified atom stereocenters. The highest BCUT2D eigenvalue weighted by Crippen LogP contribution is 2.39. The molecule has 0 aliphatic carbocycles. The Bertz CT molecular complexity index is 1800. The van der Waals surface area contributed by atoms with Crippen molar-refractivity contribution in [3.8, 4) is 17.1 Å². The van der Waals surface area contributed by atoms with Gasteiger partial charge in [-0.05, 0) is 48.9 Å². The van der Waals surface area contributed by atoms with Crippen LogP contribution in [0.25, 0.3) is 17.1 Å². The van der Waals surface area contributed by atoms with Crippen molar-refractivity contribution in [3.05, 3.63) is 71.9 Å². The highest BCUT2D eigenvalue weighted by atomic mass is 32.2. The van der Waals surface area contributed by atoms with Crippen LogP contribution in [0.5, 0.6) is 0 Å². The molecule has 0 saturated heterocycles. The number of sulfone groups is 1. The molecule has 228 valence electrons. The summed E-state index contributed by atoms with van der Waals surface area (Å²) in [5.74, 6) is -2.84. The molecule has 0 saturated carbocycles. The zero-order chi connectivity index (χ0) is 31.5. The lowest BCUT2D eigenvalue weighted by atomic mass is 10.0. The molecular weight excluding hydrogens is 608 g/mol. The van der Waals surface area contributed by atoms with E-state index in [1.54, 1.807) is 0 Å². The Balaban J connectivity index is 1.51. The maximum atomic E-state index is 13.4. The predicted octanol–water partition coefficient (Wildman–Crippen LogP) is 3.33. The molecular formula is C25H21F6N7O4S. The van der Waals surface area contributed by atoms with E-state index in [-0.39, 0.29) is 28.4 Å². The summed E-state index contributed by atoms with van der Waals surface area (Å²) in [5, 5.41) is 10.5. The molecule has 1 amide bonds. The second-order valence-electron chi connectivity index (χ2n) is 9.92. The number of nitrogens with zero attached hydrogens (tertiary/aromatic N) is 5. The minimum absolute atomic E-state index is 0.00607. The van der Waals surface area contributed by atoms with Gasteiger partial charge in [0.05, 0.1) is 34.6 Å². The van der Waals surface area contributed by atoms with Crippen LogP contribution < -0.4 is 16.4 Å². The number of halogens is 6. The Hall–Kier alpha value is -4.29. The van der Waals surface area contributed by atoms with E-state index in [0.29, 0.717) is 12.5 Å². The first-order valence-corrected chi connectivity index (χ1v) is 13.9. The smallest absolute Gasteiger partial charge is 0.418 e. The lowest BCUT2D eigenvalue weighted by Crippen LogP contribution is -2.48. The Morgan fingerprint density at radius 1 is 1.02 bits per heavy atom.